The summed E-state index contributed by atoms with van der Waals surface area (Å²) in [6, 6.07) is 13.6. The maximum atomic E-state index is 13.8. The minimum absolute atomic E-state index is 0.0881. The quantitative estimate of drug-likeness (QED) is 0.334. The monoisotopic (exact) mass is 480 g/mol. The first-order valence-corrected chi connectivity index (χ1v) is 11.8. The molecule has 4 aromatic rings. The van der Waals surface area contributed by atoms with Gasteiger partial charge in [-0.3, -0.25) is 9.36 Å². The van der Waals surface area contributed by atoms with Gasteiger partial charge in [0, 0.05) is 4.88 Å². The van der Waals surface area contributed by atoms with E-state index >= 15 is 0 Å². The van der Waals surface area contributed by atoms with Crippen molar-refractivity contribution in [3.8, 4) is 17.2 Å². The van der Waals surface area contributed by atoms with E-state index in [1.54, 1.807) is 47.3 Å². The summed E-state index contributed by atoms with van der Waals surface area (Å²) in [5.74, 6) is 1.28. The number of halogens is 2. The Morgan fingerprint density at radius 3 is 2.41 bits per heavy atom. The summed E-state index contributed by atoms with van der Waals surface area (Å²) >= 11 is 1.60. The van der Waals surface area contributed by atoms with E-state index < -0.39 is 6.61 Å². The molecule has 1 aliphatic carbocycles. The SMILES string of the molecule is COc1ccc(-n2c(/C=C/c3ccc(OC(F)F)cc3)nc3sc4c(c3c2=O)CCCC4)cc1. The summed E-state index contributed by atoms with van der Waals surface area (Å²) in [6.45, 7) is -2.87. The van der Waals surface area contributed by atoms with Crippen LogP contribution in [-0.2, 0) is 12.8 Å². The zero-order chi connectivity index (χ0) is 23.7. The molecule has 0 aliphatic heterocycles. The van der Waals surface area contributed by atoms with Gasteiger partial charge in [0.25, 0.3) is 5.56 Å². The second-order valence-corrected chi connectivity index (χ2v) is 9.06. The fourth-order valence-electron chi connectivity index (χ4n) is 4.24. The number of alkyl halides is 2. The molecule has 0 atom stereocenters. The van der Waals surface area contributed by atoms with Gasteiger partial charge in [-0.05, 0) is 79.3 Å². The Hall–Kier alpha value is -3.52. The standard InChI is InChI=1S/C26H22F2N2O3S/c1-32-18-13-9-17(10-14-18)30-22(15-8-16-6-11-19(12-7-16)33-26(27)28)29-24-23(25(30)31)20-4-2-3-5-21(20)34-24/h6-15,26H,2-5H2,1H3/b15-8+. The molecule has 0 amide bonds. The Kier molecular flexibility index (Phi) is 6.15. The molecule has 0 bridgehead atoms. The molecule has 0 spiro atoms. The lowest BCUT2D eigenvalue weighted by Gasteiger charge is -2.13. The summed E-state index contributed by atoms with van der Waals surface area (Å²) in [5, 5.41) is 0.709. The summed E-state index contributed by atoms with van der Waals surface area (Å²) in [7, 11) is 1.60. The number of nitrogens with zero attached hydrogens (tertiary/aromatic N) is 2. The van der Waals surface area contributed by atoms with E-state index in [0.29, 0.717) is 22.6 Å². The van der Waals surface area contributed by atoms with E-state index in [9.17, 15) is 13.6 Å². The third-order valence-corrected chi connectivity index (χ3v) is 7.06. The molecule has 5 nitrogen and oxygen atoms in total. The van der Waals surface area contributed by atoms with Crippen molar-refractivity contribution in [2.75, 3.05) is 7.11 Å². The molecule has 0 fully saturated rings. The number of methoxy groups -OCH3 is 1. The molecule has 174 valence electrons. The number of fused-ring (bicyclic) bond motifs is 3. The molecule has 0 unspecified atom stereocenters. The molecule has 0 saturated heterocycles. The number of aromatic nitrogens is 2. The van der Waals surface area contributed by atoms with Gasteiger partial charge in [0.2, 0.25) is 0 Å². The average Bonchev–Trinajstić information content (AvgIpc) is 3.22. The van der Waals surface area contributed by atoms with E-state index in [1.807, 2.05) is 24.3 Å². The Morgan fingerprint density at radius 2 is 1.71 bits per heavy atom. The minimum atomic E-state index is -2.87. The first-order chi connectivity index (χ1) is 16.5. The van der Waals surface area contributed by atoms with Gasteiger partial charge in [-0.25, -0.2) is 4.98 Å². The van der Waals surface area contributed by atoms with Crippen LogP contribution in [-0.4, -0.2) is 23.3 Å². The van der Waals surface area contributed by atoms with Crippen LogP contribution in [0.1, 0.15) is 34.7 Å². The molecule has 2 aromatic carbocycles. The molecule has 0 radical (unpaired) electrons. The van der Waals surface area contributed by atoms with E-state index in [0.717, 1.165) is 41.6 Å². The van der Waals surface area contributed by atoms with E-state index in [2.05, 4.69) is 4.74 Å². The highest BCUT2D eigenvalue weighted by molar-refractivity contribution is 7.18. The largest absolute Gasteiger partial charge is 0.497 e. The van der Waals surface area contributed by atoms with Gasteiger partial charge < -0.3 is 9.47 Å². The van der Waals surface area contributed by atoms with Gasteiger partial charge >= 0.3 is 6.61 Å². The number of ether oxygens (including phenoxy) is 2. The summed E-state index contributed by atoms with van der Waals surface area (Å²) in [4.78, 5) is 20.6. The lowest BCUT2D eigenvalue weighted by atomic mass is 9.97. The van der Waals surface area contributed by atoms with Crippen molar-refractivity contribution in [2.45, 2.75) is 32.3 Å². The Morgan fingerprint density at radius 1 is 1.00 bits per heavy atom. The van der Waals surface area contributed by atoms with E-state index in [-0.39, 0.29) is 11.3 Å². The highest BCUT2D eigenvalue weighted by atomic mass is 32.1. The van der Waals surface area contributed by atoms with Crippen molar-refractivity contribution in [3.05, 3.63) is 80.7 Å². The zero-order valence-electron chi connectivity index (χ0n) is 18.5. The first kappa shape index (κ1) is 22.3. The van der Waals surface area contributed by atoms with Crippen LogP contribution in [0.25, 0.3) is 28.1 Å². The molecule has 0 saturated carbocycles. The summed E-state index contributed by atoms with van der Waals surface area (Å²) in [5.41, 5.74) is 2.50. The number of benzene rings is 2. The van der Waals surface area contributed by atoms with Gasteiger partial charge in [0.1, 0.15) is 22.2 Å². The second-order valence-electron chi connectivity index (χ2n) is 7.98. The van der Waals surface area contributed by atoms with Gasteiger partial charge in [0.15, 0.2) is 0 Å². The molecule has 1 aliphatic rings. The highest BCUT2D eigenvalue weighted by Crippen LogP contribution is 2.34. The van der Waals surface area contributed by atoms with Crippen molar-refractivity contribution < 1.29 is 18.3 Å². The van der Waals surface area contributed by atoms with Gasteiger partial charge in [-0.2, -0.15) is 8.78 Å². The molecule has 2 aromatic heterocycles. The zero-order valence-corrected chi connectivity index (χ0v) is 19.3. The lowest BCUT2D eigenvalue weighted by Crippen LogP contribution is -2.22. The van der Waals surface area contributed by atoms with Gasteiger partial charge in [-0.1, -0.05) is 18.2 Å². The fraction of sp³-hybridized carbons (Fsp3) is 0.231. The average molecular weight is 481 g/mol. The van der Waals surface area contributed by atoms with E-state index in [4.69, 9.17) is 9.72 Å². The molecular formula is C26H22F2N2O3S. The van der Waals surface area contributed by atoms with Crippen LogP contribution in [0.4, 0.5) is 8.78 Å². The molecule has 2 heterocycles. The lowest BCUT2D eigenvalue weighted by molar-refractivity contribution is -0.0498. The fourth-order valence-corrected chi connectivity index (χ4v) is 5.50. The number of hydrogen-bond donors (Lipinski definition) is 0. The van der Waals surface area contributed by atoms with Gasteiger partial charge in [0.05, 0.1) is 18.2 Å². The van der Waals surface area contributed by atoms with Gasteiger partial charge in [-0.15, -0.1) is 11.3 Å². The Labute approximate surface area is 198 Å². The summed E-state index contributed by atoms with van der Waals surface area (Å²) in [6.07, 6.45) is 7.66. The van der Waals surface area contributed by atoms with Crippen LogP contribution in [0.3, 0.4) is 0 Å². The number of aryl methyl sites for hydroxylation is 2. The molecule has 34 heavy (non-hydrogen) atoms. The maximum absolute atomic E-state index is 13.8. The third-order valence-electron chi connectivity index (χ3n) is 5.88. The van der Waals surface area contributed by atoms with Crippen molar-refractivity contribution >= 4 is 33.7 Å². The molecule has 5 rings (SSSR count). The normalized spacial score (nSPS) is 13.5. The van der Waals surface area contributed by atoms with Crippen LogP contribution in [0.5, 0.6) is 11.5 Å². The molecule has 8 heteroatoms. The maximum Gasteiger partial charge on any atom is 0.387 e. The molecular weight excluding hydrogens is 458 g/mol. The smallest absolute Gasteiger partial charge is 0.387 e. The van der Waals surface area contributed by atoms with E-state index in [1.165, 1.54) is 17.0 Å². The number of thiophene rings is 1. The molecule has 0 N–H and O–H groups in total. The van der Waals surface area contributed by atoms with Crippen LogP contribution in [0, 0.1) is 0 Å². The third kappa shape index (κ3) is 4.33. The topological polar surface area (TPSA) is 53.4 Å². The predicted molar refractivity (Wildman–Crippen MR) is 130 cm³/mol. The minimum Gasteiger partial charge on any atom is -0.497 e. The number of rotatable bonds is 6. The van der Waals surface area contributed by atoms with Crippen molar-refractivity contribution in [1.29, 1.82) is 0 Å². The van der Waals surface area contributed by atoms with Crippen molar-refractivity contribution in [3.63, 3.8) is 0 Å². The van der Waals surface area contributed by atoms with Crippen molar-refractivity contribution in [2.24, 2.45) is 0 Å². The van der Waals surface area contributed by atoms with Crippen molar-refractivity contribution in [1.82, 2.24) is 9.55 Å². The number of hydrogen-bond acceptors (Lipinski definition) is 5. The van der Waals surface area contributed by atoms with Crippen LogP contribution >= 0.6 is 11.3 Å². The highest BCUT2D eigenvalue weighted by Gasteiger charge is 2.22. The van der Waals surface area contributed by atoms with Crippen LogP contribution in [0.15, 0.2) is 53.3 Å². The second kappa shape index (κ2) is 9.38. The first-order valence-electron chi connectivity index (χ1n) is 11.0. The van der Waals surface area contributed by atoms with Crippen LogP contribution in [0.2, 0.25) is 0 Å². The van der Waals surface area contributed by atoms with Crippen LogP contribution < -0.4 is 15.0 Å². The summed E-state index contributed by atoms with van der Waals surface area (Å²) < 4.78 is 36.1. The predicted octanol–water partition coefficient (Wildman–Crippen LogP) is 6.11. The Balaban J connectivity index is 1.62. The Bertz CT molecular complexity index is 1410.